The van der Waals surface area contributed by atoms with Crippen molar-refractivity contribution < 1.29 is 47.5 Å². The molecule has 1 aromatic heterocycles. The van der Waals surface area contributed by atoms with E-state index in [0.29, 0.717) is 36.2 Å². The molecule has 0 aliphatic heterocycles. The minimum atomic E-state index is -0.625. The van der Waals surface area contributed by atoms with Crippen molar-refractivity contribution in [3.63, 3.8) is 0 Å². The smallest absolute Gasteiger partial charge is 0.352 e. The van der Waals surface area contributed by atoms with Gasteiger partial charge < -0.3 is 37.9 Å². The number of thiophene rings is 1. The van der Waals surface area contributed by atoms with E-state index in [1.807, 2.05) is 36.4 Å². The summed E-state index contributed by atoms with van der Waals surface area (Å²) in [5.74, 6) is 1.42. The number of carbonyl (C=O) groups excluding carboxylic acids is 2. The van der Waals surface area contributed by atoms with Gasteiger partial charge in [-0.3, -0.25) is 0 Å². The predicted octanol–water partition coefficient (Wildman–Crippen LogP) is 12.3. The van der Waals surface area contributed by atoms with Crippen LogP contribution >= 0.6 is 11.3 Å². The van der Waals surface area contributed by atoms with Gasteiger partial charge in [0, 0.05) is 0 Å². The normalized spacial score (nSPS) is 10.9. The number of unbranched alkanes of at least 4 members (excludes halogenated alkanes) is 14. The Kier molecular flexibility index (Phi) is 23.5. The van der Waals surface area contributed by atoms with Gasteiger partial charge in [0.25, 0.3) is 0 Å². The largest absolute Gasteiger partial charge is 0.493 e. The Balaban J connectivity index is 1.72. The second-order valence-corrected chi connectivity index (χ2v) is 15.1. The average molecular weight is 813 g/mol. The van der Waals surface area contributed by atoms with E-state index in [0.717, 1.165) is 48.1 Å². The number of hydrogen-bond acceptors (Lipinski definition) is 11. The van der Waals surface area contributed by atoms with Crippen molar-refractivity contribution in [1.82, 2.24) is 0 Å². The number of esters is 2. The molecule has 0 N–H and O–H groups in total. The van der Waals surface area contributed by atoms with Gasteiger partial charge in [0.2, 0.25) is 0 Å². The summed E-state index contributed by atoms with van der Waals surface area (Å²) in [7, 11) is 3.20. The molecule has 0 amide bonds. The first-order chi connectivity index (χ1) is 27.9. The zero-order chi connectivity index (χ0) is 41.1. The average Bonchev–Trinajstić information content (AvgIpc) is 3.60. The predicted molar refractivity (Wildman–Crippen MR) is 227 cm³/mol. The number of benzene rings is 2. The lowest BCUT2D eigenvalue weighted by Crippen LogP contribution is -2.08. The number of rotatable bonds is 32. The molecule has 10 nitrogen and oxygen atoms in total. The van der Waals surface area contributed by atoms with Crippen molar-refractivity contribution in [2.45, 2.75) is 144 Å². The van der Waals surface area contributed by atoms with Crippen molar-refractivity contribution in [2.24, 2.45) is 0 Å². The molecule has 0 aliphatic carbocycles. The maximum Gasteiger partial charge on any atom is 0.352 e. The zero-order valence-corrected chi connectivity index (χ0v) is 36.3. The molecule has 0 unspecified atom stereocenters. The highest BCUT2D eigenvalue weighted by Gasteiger charge is 2.31. The summed E-state index contributed by atoms with van der Waals surface area (Å²) >= 11 is 0.923. The highest BCUT2D eigenvalue weighted by molar-refractivity contribution is 7.16. The first-order valence-electron chi connectivity index (χ1n) is 21.3. The summed E-state index contributed by atoms with van der Waals surface area (Å²) in [6.07, 6.45) is 19.6. The van der Waals surface area contributed by atoms with Gasteiger partial charge in [0.15, 0.2) is 44.3 Å². The van der Waals surface area contributed by atoms with Gasteiger partial charge in [-0.05, 0) is 62.1 Å². The summed E-state index contributed by atoms with van der Waals surface area (Å²) < 4.78 is 46.8. The quantitative estimate of drug-likeness (QED) is 0.0446. The Hall–Kier alpha value is -4.12. The van der Waals surface area contributed by atoms with Gasteiger partial charge in [-0.15, -0.1) is 11.3 Å². The fourth-order valence-corrected chi connectivity index (χ4v) is 7.29. The van der Waals surface area contributed by atoms with Crippen LogP contribution in [0, 0.1) is 0 Å². The molecule has 3 rings (SSSR count). The lowest BCUT2D eigenvalue weighted by atomic mass is 10.1. The number of methoxy groups -OCH3 is 2. The van der Waals surface area contributed by atoms with Crippen LogP contribution in [0.25, 0.3) is 0 Å². The van der Waals surface area contributed by atoms with E-state index in [4.69, 9.17) is 37.9 Å². The van der Waals surface area contributed by atoms with E-state index in [-0.39, 0.29) is 47.7 Å². The summed E-state index contributed by atoms with van der Waals surface area (Å²) in [5, 5.41) is 0. The van der Waals surface area contributed by atoms with Crippen LogP contribution in [0.15, 0.2) is 36.4 Å². The van der Waals surface area contributed by atoms with Crippen molar-refractivity contribution in [2.75, 3.05) is 40.6 Å². The fourth-order valence-electron chi connectivity index (χ4n) is 6.31. The van der Waals surface area contributed by atoms with Gasteiger partial charge in [0.05, 0.1) is 40.6 Å². The van der Waals surface area contributed by atoms with Crippen LogP contribution in [0.2, 0.25) is 0 Å². The van der Waals surface area contributed by atoms with Gasteiger partial charge >= 0.3 is 11.9 Å². The van der Waals surface area contributed by atoms with Crippen LogP contribution in [0.3, 0.4) is 0 Å². The number of hydrogen-bond donors (Lipinski definition) is 0. The molecule has 0 aliphatic rings. The van der Waals surface area contributed by atoms with E-state index in [2.05, 4.69) is 13.8 Å². The molecular weight excluding hydrogens is 745 g/mol. The van der Waals surface area contributed by atoms with Crippen molar-refractivity contribution in [3.05, 3.63) is 57.3 Å². The Bertz CT molecular complexity index is 1470. The van der Waals surface area contributed by atoms with Crippen LogP contribution < -0.4 is 28.4 Å². The molecule has 11 heteroatoms. The lowest BCUT2D eigenvalue weighted by Gasteiger charge is -2.15. The van der Waals surface area contributed by atoms with Gasteiger partial charge in [-0.2, -0.15) is 0 Å². The summed E-state index contributed by atoms with van der Waals surface area (Å²) in [5.41, 5.74) is 1.53. The Labute approximate surface area is 345 Å². The topological polar surface area (TPSA) is 108 Å². The summed E-state index contributed by atoms with van der Waals surface area (Å²) in [6.45, 7) is 9.52. The van der Waals surface area contributed by atoms with Crippen molar-refractivity contribution >= 4 is 23.3 Å². The van der Waals surface area contributed by atoms with Gasteiger partial charge in [0.1, 0.15) is 13.2 Å². The molecule has 3 aromatic rings. The Morgan fingerprint density at radius 3 is 1.19 bits per heavy atom. The Morgan fingerprint density at radius 2 is 0.842 bits per heavy atom. The molecule has 0 atom stereocenters. The molecule has 0 bridgehead atoms. The molecule has 57 heavy (non-hydrogen) atoms. The first-order valence-corrected chi connectivity index (χ1v) is 22.1. The molecule has 0 fully saturated rings. The van der Waals surface area contributed by atoms with E-state index in [1.54, 1.807) is 28.1 Å². The van der Waals surface area contributed by atoms with Gasteiger partial charge in [-0.1, -0.05) is 116 Å². The second kappa shape index (κ2) is 28.3. The molecule has 0 saturated carbocycles. The molecule has 2 aromatic carbocycles. The molecular formula is C46H68O10S. The molecule has 0 radical (unpaired) electrons. The van der Waals surface area contributed by atoms with Crippen LogP contribution in [0.4, 0.5) is 0 Å². The van der Waals surface area contributed by atoms with Crippen LogP contribution in [-0.4, -0.2) is 52.6 Å². The van der Waals surface area contributed by atoms with Crippen LogP contribution in [0.5, 0.6) is 34.5 Å². The monoisotopic (exact) mass is 812 g/mol. The zero-order valence-electron chi connectivity index (χ0n) is 35.5. The first kappa shape index (κ1) is 47.3. The third-order valence-corrected chi connectivity index (χ3v) is 10.6. The molecule has 1 heterocycles. The van der Waals surface area contributed by atoms with E-state index >= 15 is 0 Å². The minimum Gasteiger partial charge on any atom is -0.493 e. The molecule has 318 valence electrons. The molecule has 0 saturated heterocycles. The van der Waals surface area contributed by atoms with Crippen molar-refractivity contribution in [1.29, 1.82) is 0 Å². The highest BCUT2D eigenvalue weighted by Crippen LogP contribution is 2.44. The number of ether oxygens (including phenoxy) is 8. The lowest BCUT2D eigenvalue weighted by molar-refractivity contribution is 0.0515. The van der Waals surface area contributed by atoms with Crippen LogP contribution in [0.1, 0.15) is 161 Å². The van der Waals surface area contributed by atoms with Gasteiger partial charge in [-0.25, -0.2) is 9.59 Å². The standard InChI is InChI=1S/C46H68O10S/c1-7-11-13-15-17-19-21-23-29-53-37-27-25-35(31-39(37)49-5)33-55-41-42(44(46(48)52-10-4)57-43(41)45(47)51-9-3)56-34-36-26-28-38(40(32-36)50-6)54-30-24-22-20-18-16-14-12-8-2/h25-28,31-32H,7-24,29-30,33-34H2,1-6H3. The summed E-state index contributed by atoms with van der Waals surface area (Å²) in [4.78, 5) is 26.7. The molecule has 0 spiro atoms. The minimum absolute atomic E-state index is 0.0507. The maximum absolute atomic E-state index is 13.2. The summed E-state index contributed by atoms with van der Waals surface area (Å²) in [6, 6.07) is 11.2. The SMILES string of the molecule is CCCCCCCCCCOc1ccc(COc2c(C(=O)OCC)sc(C(=O)OCC)c2OCc2ccc(OCCCCCCCCCC)c(OC)c2)cc1OC. The third kappa shape index (κ3) is 16.7. The van der Waals surface area contributed by atoms with Crippen molar-refractivity contribution in [3.8, 4) is 34.5 Å². The van der Waals surface area contributed by atoms with E-state index in [9.17, 15) is 9.59 Å². The van der Waals surface area contributed by atoms with E-state index in [1.165, 1.54) is 77.0 Å². The Morgan fingerprint density at radius 1 is 0.474 bits per heavy atom. The maximum atomic E-state index is 13.2. The van der Waals surface area contributed by atoms with E-state index < -0.39 is 11.9 Å². The fraction of sp³-hybridized carbons (Fsp3) is 0.609. The number of carbonyl (C=O) groups is 2. The highest BCUT2D eigenvalue weighted by atomic mass is 32.1. The second-order valence-electron chi connectivity index (χ2n) is 14.1. The third-order valence-electron chi connectivity index (χ3n) is 9.48. The van der Waals surface area contributed by atoms with Crippen LogP contribution in [-0.2, 0) is 22.7 Å².